The number of benzene rings is 2. The second-order valence-electron chi connectivity index (χ2n) is 6.20. The van der Waals surface area contributed by atoms with Crippen LogP contribution in [0.3, 0.4) is 0 Å². The fraction of sp³-hybridized carbons (Fsp3) is 0.238. The minimum Gasteiger partial charge on any atom is -1.00 e. The molecule has 1 heterocycles. The summed E-state index contributed by atoms with van der Waals surface area (Å²) in [5.41, 5.74) is 1.42. The Morgan fingerprint density at radius 2 is 1.89 bits per heavy atom. The summed E-state index contributed by atoms with van der Waals surface area (Å²) >= 11 is 0. The fourth-order valence-electron chi connectivity index (χ4n) is 2.61. The Kier molecular flexibility index (Phi) is 8.07. The number of nitrogens with zero attached hydrogens (tertiary/aromatic N) is 3. The highest BCUT2D eigenvalue weighted by molar-refractivity contribution is 5.85. The maximum absolute atomic E-state index is 10.2. The van der Waals surface area contributed by atoms with Crippen molar-refractivity contribution < 1.29 is 36.1 Å². The van der Waals surface area contributed by atoms with E-state index in [2.05, 4.69) is 9.56 Å². The molecule has 0 spiro atoms. The minimum atomic E-state index is 0. The van der Waals surface area contributed by atoms with Crippen LogP contribution in [0.25, 0.3) is 0 Å². The molecule has 0 atom stereocenters. The Balaban J connectivity index is 0.00000280. The second-order valence-corrected chi connectivity index (χ2v) is 6.20. The predicted molar refractivity (Wildman–Crippen MR) is 104 cm³/mol. The number of aromatic hydroxyl groups is 1. The zero-order valence-corrected chi connectivity index (χ0v) is 17.5. The van der Waals surface area contributed by atoms with Crippen LogP contribution in [0.5, 0.6) is 17.2 Å². The average Bonchev–Trinajstić information content (AvgIpc) is 3.10. The number of rotatable bonds is 8. The van der Waals surface area contributed by atoms with Crippen molar-refractivity contribution in [2.24, 2.45) is 12.0 Å². The monoisotopic (exact) mass is 445 g/mol. The highest BCUT2D eigenvalue weighted by Crippen LogP contribution is 2.24. The summed E-state index contributed by atoms with van der Waals surface area (Å²) in [5, 5.41) is 10.2. The molecule has 0 saturated heterocycles. The zero-order chi connectivity index (χ0) is 19.1. The smallest absolute Gasteiger partial charge is 0.243 e. The summed E-state index contributed by atoms with van der Waals surface area (Å²) in [5.74, 6) is 1.57. The number of imidazole rings is 1. The van der Waals surface area contributed by atoms with E-state index in [0.717, 1.165) is 24.4 Å². The normalized spacial score (nSPS) is 10.6. The zero-order valence-electron chi connectivity index (χ0n) is 16.0. The van der Waals surface area contributed by atoms with Crippen molar-refractivity contribution in [2.75, 3.05) is 13.7 Å². The molecule has 0 aliphatic heterocycles. The van der Waals surface area contributed by atoms with Gasteiger partial charge in [-0.1, -0.05) is 0 Å². The largest absolute Gasteiger partial charge is 1.00 e. The standard InChI is InChI=1S/C21H23N3O3.BrH/c1-23-11-12-24(16-23)10-3-13-27-20-7-4-17(21(25)14-20)15-22-18-5-8-19(26-2)9-6-18;/h4-9,11-12,14-16H,3,10,13H2,1-2H3;1H. The number of phenols is 1. The summed E-state index contributed by atoms with van der Waals surface area (Å²) in [4.78, 5) is 4.37. The number of hydrogen-bond acceptors (Lipinski definition) is 4. The van der Waals surface area contributed by atoms with Crippen LogP contribution < -0.4 is 31.0 Å². The Hall–Kier alpha value is -2.80. The van der Waals surface area contributed by atoms with Crippen molar-refractivity contribution in [3.05, 3.63) is 66.7 Å². The predicted octanol–water partition coefficient (Wildman–Crippen LogP) is 0.251. The lowest BCUT2D eigenvalue weighted by atomic mass is 10.2. The van der Waals surface area contributed by atoms with E-state index < -0.39 is 0 Å². The Bertz CT molecular complexity index is 908. The molecule has 0 saturated carbocycles. The summed E-state index contributed by atoms with van der Waals surface area (Å²) < 4.78 is 15.0. The lowest BCUT2D eigenvalue weighted by molar-refractivity contribution is -0.671. The molecular formula is C21H24BrN3O3. The maximum atomic E-state index is 10.2. The first-order chi connectivity index (χ1) is 13.1. The number of halogens is 1. The SMILES string of the molecule is COc1ccc(N=Cc2ccc(OCCCn3cc[n+](C)c3)cc2O)cc1.[Br-]. The van der Waals surface area contributed by atoms with Gasteiger partial charge in [0.2, 0.25) is 6.33 Å². The molecule has 148 valence electrons. The molecule has 1 N–H and O–H groups in total. The van der Waals surface area contributed by atoms with Crippen molar-refractivity contribution in [1.29, 1.82) is 0 Å². The van der Waals surface area contributed by atoms with Gasteiger partial charge in [-0.2, -0.15) is 0 Å². The topological polar surface area (TPSA) is 59.9 Å². The van der Waals surface area contributed by atoms with E-state index in [1.54, 1.807) is 25.5 Å². The van der Waals surface area contributed by atoms with E-state index in [1.165, 1.54) is 0 Å². The van der Waals surface area contributed by atoms with Gasteiger partial charge < -0.3 is 31.6 Å². The first-order valence-corrected chi connectivity index (χ1v) is 8.79. The number of hydrogen-bond donors (Lipinski definition) is 1. The Morgan fingerprint density at radius 3 is 2.54 bits per heavy atom. The molecule has 7 heteroatoms. The van der Waals surface area contributed by atoms with Crippen LogP contribution in [0.15, 0.2) is 66.2 Å². The van der Waals surface area contributed by atoms with Gasteiger partial charge in [0.05, 0.1) is 33.0 Å². The molecule has 0 unspecified atom stereocenters. The van der Waals surface area contributed by atoms with Crippen molar-refractivity contribution in [3.8, 4) is 17.2 Å². The molecule has 3 aromatic rings. The van der Waals surface area contributed by atoms with Crippen LogP contribution in [0.1, 0.15) is 12.0 Å². The molecule has 2 aromatic carbocycles. The number of ether oxygens (including phenoxy) is 2. The van der Waals surface area contributed by atoms with Gasteiger partial charge in [-0.3, -0.25) is 4.99 Å². The quantitative estimate of drug-likeness (QED) is 0.307. The van der Waals surface area contributed by atoms with Crippen LogP contribution >= 0.6 is 0 Å². The first-order valence-electron chi connectivity index (χ1n) is 8.79. The van der Waals surface area contributed by atoms with E-state index >= 15 is 0 Å². The van der Waals surface area contributed by atoms with Crippen LogP contribution in [-0.2, 0) is 13.6 Å². The molecule has 1 aromatic heterocycles. The number of methoxy groups -OCH3 is 1. The number of phenolic OH excluding ortho intramolecular Hbond substituents is 1. The van der Waals surface area contributed by atoms with Gasteiger partial charge in [-0.15, -0.1) is 0 Å². The number of aromatic nitrogens is 2. The molecular weight excluding hydrogens is 422 g/mol. The van der Waals surface area contributed by atoms with Crippen molar-refractivity contribution in [2.45, 2.75) is 13.0 Å². The van der Waals surface area contributed by atoms with E-state index in [-0.39, 0.29) is 22.7 Å². The summed E-state index contributed by atoms with van der Waals surface area (Å²) in [7, 11) is 3.62. The highest BCUT2D eigenvalue weighted by Gasteiger charge is 2.03. The summed E-state index contributed by atoms with van der Waals surface area (Å²) in [6, 6.07) is 12.6. The molecule has 28 heavy (non-hydrogen) atoms. The van der Waals surface area contributed by atoms with Crippen molar-refractivity contribution >= 4 is 11.9 Å². The molecule has 0 radical (unpaired) electrons. The molecule has 0 fully saturated rings. The Labute approximate surface area is 175 Å². The van der Waals surface area contributed by atoms with E-state index in [9.17, 15) is 5.11 Å². The first kappa shape index (κ1) is 21.5. The minimum absolute atomic E-state index is 0. The maximum Gasteiger partial charge on any atom is 0.243 e. The third-order valence-corrected chi connectivity index (χ3v) is 4.08. The molecule has 0 bridgehead atoms. The van der Waals surface area contributed by atoms with E-state index in [1.807, 2.05) is 60.7 Å². The summed E-state index contributed by atoms with van der Waals surface area (Å²) in [6.07, 6.45) is 8.58. The van der Waals surface area contributed by atoms with Crippen molar-refractivity contribution in [3.63, 3.8) is 0 Å². The van der Waals surface area contributed by atoms with E-state index in [0.29, 0.717) is 17.9 Å². The molecule has 0 aliphatic carbocycles. The fourth-order valence-corrected chi connectivity index (χ4v) is 2.61. The van der Waals surface area contributed by atoms with Gasteiger partial charge in [0.25, 0.3) is 0 Å². The van der Waals surface area contributed by atoms with Crippen LogP contribution in [0, 0.1) is 0 Å². The van der Waals surface area contributed by atoms with Gasteiger partial charge in [0, 0.05) is 24.3 Å². The molecule has 3 rings (SSSR count). The third kappa shape index (κ3) is 6.13. The summed E-state index contributed by atoms with van der Waals surface area (Å²) in [6.45, 7) is 1.47. The number of aryl methyl sites for hydroxylation is 2. The lowest BCUT2D eigenvalue weighted by Gasteiger charge is -2.07. The molecule has 0 amide bonds. The van der Waals surface area contributed by atoms with Gasteiger partial charge >= 0.3 is 0 Å². The van der Waals surface area contributed by atoms with Crippen LogP contribution in [0.2, 0.25) is 0 Å². The van der Waals surface area contributed by atoms with Gasteiger partial charge in [-0.05, 0) is 36.4 Å². The average molecular weight is 446 g/mol. The highest BCUT2D eigenvalue weighted by atomic mass is 79.9. The molecule has 6 nitrogen and oxygen atoms in total. The second kappa shape index (κ2) is 10.5. The van der Waals surface area contributed by atoms with Gasteiger partial charge in [-0.25, -0.2) is 9.13 Å². The third-order valence-electron chi connectivity index (χ3n) is 4.08. The van der Waals surface area contributed by atoms with Crippen LogP contribution in [-0.4, -0.2) is 29.6 Å². The Morgan fingerprint density at radius 1 is 1.14 bits per heavy atom. The van der Waals surface area contributed by atoms with Crippen LogP contribution in [0.4, 0.5) is 5.69 Å². The lowest BCUT2D eigenvalue weighted by Crippen LogP contribution is -3.00. The van der Waals surface area contributed by atoms with Gasteiger partial charge in [0.1, 0.15) is 29.6 Å². The molecule has 0 aliphatic rings. The van der Waals surface area contributed by atoms with Crippen molar-refractivity contribution in [1.82, 2.24) is 4.57 Å². The number of aliphatic imine (C=N–C) groups is 1. The van der Waals surface area contributed by atoms with Gasteiger partial charge in [0.15, 0.2) is 0 Å². The van der Waals surface area contributed by atoms with E-state index in [4.69, 9.17) is 9.47 Å².